The van der Waals surface area contributed by atoms with Crippen molar-refractivity contribution in [2.24, 2.45) is 0 Å². The summed E-state index contributed by atoms with van der Waals surface area (Å²) in [6.45, 7) is 2.96. The minimum atomic E-state index is -3.40. The lowest BCUT2D eigenvalue weighted by Gasteiger charge is -2.16. The smallest absolute Gasteiger partial charge is 0.213 e. The van der Waals surface area contributed by atoms with Gasteiger partial charge in [0.15, 0.2) is 0 Å². The van der Waals surface area contributed by atoms with Crippen LogP contribution in [0.25, 0.3) is 0 Å². The number of nitrogens with one attached hydrogen (secondary N) is 2. The van der Waals surface area contributed by atoms with Crippen molar-refractivity contribution in [1.82, 2.24) is 9.44 Å². The molecule has 0 aromatic carbocycles. The Morgan fingerprint density at radius 3 is 1.33 bits per heavy atom. The molecule has 6 nitrogen and oxygen atoms in total. The Morgan fingerprint density at radius 2 is 1.13 bits per heavy atom. The lowest BCUT2D eigenvalue weighted by Crippen LogP contribution is -2.37. The van der Waals surface area contributed by atoms with Crippen molar-refractivity contribution >= 4 is 20.0 Å². The second kappa shape index (κ2) is 5.24. The van der Waals surface area contributed by atoms with E-state index in [1.807, 2.05) is 0 Å². The predicted molar refractivity (Wildman–Crippen MR) is 59.5 cm³/mol. The maximum absolute atomic E-state index is 11.3. The zero-order valence-electron chi connectivity index (χ0n) is 9.31. The summed E-state index contributed by atoms with van der Waals surface area (Å²) in [6, 6.07) is 0. The van der Waals surface area contributed by atoms with E-state index in [1.165, 1.54) is 27.9 Å². The molecule has 0 fully saturated rings. The molecule has 0 radical (unpaired) electrons. The molecule has 0 aromatic rings. The van der Waals surface area contributed by atoms with E-state index in [0.29, 0.717) is 0 Å². The first-order valence-electron chi connectivity index (χ1n) is 4.52. The zero-order valence-corrected chi connectivity index (χ0v) is 10.9. The minimum Gasteiger partial charge on any atom is -0.218 e. The molecule has 0 spiro atoms. The largest absolute Gasteiger partial charge is 0.218 e. The number of hydrogen-bond acceptors (Lipinski definition) is 4. The maximum Gasteiger partial charge on any atom is 0.213 e. The Bertz CT molecular complexity index is 349. The Hall–Kier alpha value is -0.180. The molecule has 0 heterocycles. The second-order valence-electron chi connectivity index (χ2n) is 3.36. The Balaban J connectivity index is 4.65. The molecule has 0 saturated carbocycles. The fourth-order valence-corrected chi connectivity index (χ4v) is 3.13. The van der Waals surface area contributed by atoms with Crippen LogP contribution in [0.5, 0.6) is 0 Å². The summed E-state index contributed by atoms with van der Waals surface area (Å²) < 4.78 is 49.6. The minimum absolute atomic E-state index is 0.0619. The summed E-state index contributed by atoms with van der Waals surface area (Å²) in [4.78, 5) is 0. The first kappa shape index (κ1) is 14.8. The van der Waals surface area contributed by atoms with Crippen LogP contribution in [0, 0.1) is 0 Å². The fourth-order valence-electron chi connectivity index (χ4n) is 1.12. The van der Waals surface area contributed by atoms with Crippen LogP contribution in [0.15, 0.2) is 0 Å². The molecule has 0 aromatic heterocycles. The van der Waals surface area contributed by atoms with Crippen molar-refractivity contribution in [3.8, 4) is 0 Å². The van der Waals surface area contributed by atoms with Crippen LogP contribution in [-0.4, -0.2) is 41.4 Å². The van der Waals surface area contributed by atoms with Gasteiger partial charge in [-0.25, -0.2) is 26.3 Å². The molecule has 92 valence electrons. The van der Waals surface area contributed by atoms with Gasteiger partial charge in [0.25, 0.3) is 0 Å². The van der Waals surface area contributed by atoms with Crippen molar-refractivity contribution < 1.29 is 16.8 Å². The van der Waals surface area contributed by atoms with Gasteiger partial charge < -0.3 is 0 Å². The topological polar surface area (TPSA) is 92.3 Å². The molecule has 0 rings (SSSR count). The van der Waals surface area contributed by atoms with E-state index in [0.717, 1.165) is 0 Å². The number of sulfonamides is 2. The van der Waals surface area contributed by atoms with Gasteiger partial charge >= 0.3 is 0 Å². The molecular formula is C7H18N2O4S2. The highest BCUT2D eigenvalue weighted by Crippen LogP contribution is 2.11. The molecule has 8 heteroatoms. The van der Waals surface area contributed by atoms with Gasteiger partial charge in [0.2, 0.25) is 20.0 Å². The first-order valence-corrected chi connectivity index (χ1v) is 7.61. The van der Waals surface area contributed by atoms with Crippen LogP contribution < -0.4 is 9.44 Å². The predicted octanol–water partition coefficient (Wildman–Crippen LogP) is -0.748. The van der Waals surface area contributed by atoms with E-state index in [2.05, 4.69) is 9.44 Å². The van der Waals surface area contributed by atoms with Crippen molar-refractivity contribution in [1.29, 1.82) is 0 Å². The van der Waals surface area contributed by atoms with Gasteiger partial charge in [0.05, 0.1) is 10.5 Å². The first-order chi connectivity index (χ1) is 6.67. The van der Waals surface area contributed by atoms with Crippen LogP contribution in [0.3, 0.4) is 0 Å². The summed E-state index contributed by atoms with van der Waals surface area (Å²) in [7, 11) is -4.19. The number of rotatable bonds is 6. The van der Waals surface area contributed by atoms with Gasteiger partial charge in [-0.2, -0.15) is 0 Å². The third kappa shape index (κ3) is 4.06. The third-order valence-corrected chi connectivity index (χ3v) is 5.93. The lowest BCUT2D eigenvalue weighted by molar-refractivity contribution is 0.553. The SMILES string of the molecule is CNS(=O)(=O)C(C)CC(C)S(=O)(=O)NC. The third-order valence-electron chi connectivity index (χ3n) is 2.29. The molecule has 2 N–H and O–H groups in total. The molecule has 2 atom stereocenters. The average molecular weight is 258 g/mol. The quantitative estimate of drug-likeness (QED) is 0.656. The second-order valence-corrected chi connectivity index (χ2v) is 7.96. The maximum atomic E-state index is 11.3. The fraction of sp³-hybridized carbons (Fsp3) is 1.00. The summed E-state index contributed by atoms with van der Waals surface area (Å²) in [5.74, 6) is 0. The lowest BCUT2D eigenvalue weighted by atomic mass is 10.3. The Morgan fingerprint density at radius 1 is 0.867 bits per heavy atom. The summed E-state index contributed by atoms with van der Waals surface area (Å²) in [6.07, 6.45) is 0.0619. The highest BCUT2D eigenvalue weighted by atomic mass is 32.2. The molecule has 0 aliphatic rings. The van der Waals surface area contributed by atoms with Gasteiger partial charge in [-0.1, -0.05) is 0 Å². The number of hydrogen-bond donors (Lipinski definition) is 2. The van der Waals surface area contributed by atoms with Gasteiger partial charge in [0, 0.05) is 0 Å². The highest BCUT2D eigenvalue weighted by Gasteiger charge is 2.27. The van der Waals surface area contributed by atoms with Crippen molar-refractivity contribution in [2.75, 3.05) is 14.1 Å². The van der Waals surface area contributed by atoms with Crippen LogP contribution in [0.2, 0.25) is 0 Å². The molecule has 0 amide bonds. The van der Waals surface area contributed by atoms with Crippen LogP contribution in [0.4, 0.5) is 0 Å². The molecule has 0 saturated heterocycles. The van der Waals surface area contributed by atoms with Crippen molar-refractivity contribution in [3.63, 3.8) is 0 Å². The van der Waals surface area contributed by atoms with Crippen LogP contribution >= 0.6 is 0 Å². The Labute approximate surface area is 91.6 Å². The van der Waals surface area contributed by atoms with E-state index in [-0.39, 0.29) is 6.42 Å². The van der Waals surface area contributed by atoms with E-state index in [1.54, 1.807) is 0 Å². The van der Waals surface area contributed by atoms with E-state index < -0.39 is 30.5 Å². The summed E-state index contributed by atoms with van der Waals surface area (Å²) in [5.41, 5.74) is 0. The van der Waals surface area contributed by atoms with Gasteiger partial charge in [-0.15, -0.1) is 0 Å². The van der Waals surface area contributed by atoms with Crippen molar-refractivity contribution in [3.05, 3.63) is 0 Å². The Kier molecular flexibility index (Phi) is 5.18. The van der Waals surface area contributed by atoms with E-state index in [4.69, 9.17) is 0 Å². The normalized spacial score (nSPS) is 17.3. The van der Waals surface area contributed by atoms with Crippen molar-refractivity contribution in [2.45, 2.75) is 30.8 Å². The summed E-state index contributed by atoms with van der Waals surface area (Å²) >= 11 is 0. The molecular weight excluding hydrogens is 240 g/mol. The van der Waals surface area contributed by atoms with Crippen LogP contribution in [0.1, 0.15) is 20.3 Å². The molecule has 0 aliphatic carbocycles. The molecule has 0 bridgehead atoms. The zero-order chi connectivity index (χ0) is 12.3. The van der Waals surface area contributed by atoms with Gasteiger partial charge in [-0.3, -0.25) is 0 Å². The summed E-state index contributed by atoms with van der Waals surface area (Å²) in [5, 5.41) is -1.47. The molecule has 15 heavy (non-hydrogen) atoms. The highest BCUT2D eigenvalue weighted by molar-refractivity contribution is 7.91. The standard InChI is InChI=1S/C7H18N2O4S2/c1-6(14(10,11)8-3)5-7(2)15(12,13)9-4/h6-9H,5H2,1-4H3. The average Bonchev–Trinajstić information content (AvgIpc) is 2.17. The van der Waals surface area contributed by atoms with E-state index >= 15 is 0 Å². The van der Waals surface area contributed by atoms with Gasteiger partial charge in [0.1, 0.15) is 0 Å². The molecule has 2 unspecified atom stereocenters. The monoisotopic (exact) mass is 258 g/mol. The van der Waals surface area contributed by atoms with E-state index in [9.17, 15) is 16.8 Å². The van der Waals surface area contributed by atoms with Crippen LogP contribution in [-0.2, 0) is 20.0 Å². The van der Waals surface area contributed by atoms with Gasteiger partial charge in [-0.05, 0) is 34.4 Å². The molecule has 0 aliphatic heterocycles.